The first-order valence-corrected chi connectivity index (χ1v) is 11.7. The molecule has 0 spiro atoms. The minimum atomic E-state index is -2.48. The molecule has 1 amide bonds. The summed E-state index contributed by atoms with van der Waals surface area (Å²) in [5.41, 5.74) is -4.71. The average Bonchev–Trinajstić information content (AvgIpc) is 3.08. The van der Waals surface area contributed by atoms with Gasteiger partial charge < -0.3 is 19.5 Å². The Bertz CT molecular complexity index is 1440. The summed E-state index contributed by atoms with van der Waals surface area (Å²) >= 11 is 0. The number of halogens is 1. The SMILES string of the molecule is COC(=O)c1ccccc1[C@H]1O[C@@H](n2ccc(NC(=O)c3ccccc3)nc2=O)[C@](C)(F)[C@@]1(C)OC(C)=O. The number of rotatable bonds is 6. The fourth-order valence-electron chi connectivity index (χ4n) is 4.50. The number of carbonyl (C=O) groups excluding carboxylic acids is 3. The molecule has 1 aromatic heterocycles. The highest BCUT2D eigenvalue weighted by atomic mass is 19.1. The molecule has 4 atom stereocenters. The van der Waals surface area contributed by atoms with Crippen LogP contribution in [0.2, 0.25) is 0 Å². The zero-order valence-electron chi connectivity index (χ0n) is 21.1. The van der Waals surface area contributed by atoms with Crippen LogP contribution in [0, 0.1) is 0 Å². The van der Waals surface area contributed by atoms with Crippen molar-refractivity contribution >= 4 is 23.7 Å². The zero-order valence-corrected chi connectivity index (χ0v) is 21.1. The maximum absolute atomic E-state index is 16.7. The molecule has 11 heteroatoms. The van der Waals surface area contributed by atoms with Crippen molar-refractivity contribution < 1.29 is 33.0 Å². The lowest BCUT2D eigenvalue weighted by Crippen LogP contribution is -2.52. The highest BCUT2D eigenvalue weighted by Gasteiger charge is 2.67. The zero-order chi connectivity index (χ0) is 27.7. The first kappa shape index (κ1) is 26.7. The highest BCUT2D eigenvalue weighted by molar-refractivity contribution is 6.03. The lowest BCUT2D eigenvalue weighted by Gasteiger charge is -2.37. The van der Waals surface area contributed by atoms with Crippen LogP contribution in [0.3, 0.4) is 0 Å². The van der Waals surface area contributed by atoms with E-state index in [-0.39, 0.29) is 16.9 Å². The fraction of sp³-hybridized carbons (Fsp3) is 0.296. The first-order valence-electron chi connectivity index (χ1n) is 11.7. The van der Waals surface area contributed by atoms with Gasteiger partial charge in [0, 0.05) is 18.7 Å². The Morgan fingerprint density at radius 3 is 2.34 bits per heavy atom. The van der Waals surface area contributed by atoms with Gasteiger partial charge in [-0.25, -0.2) is 14.0 Å². The van der Waals surface area contributed by atoms with E-state index in [1.807, 2.05) is 0 Å². The van der Waals surface area contributed by atoms with Crippen LogP contribution in [0.1, 0.15) is 59.4 Å². The Morgan fingerprint density at radius 2 is 1.71 bits per heavy atom. The summed E-state index contributed by atoms with van der Waals surface area (Å²) in [6.07, 6.45) is -1.69. The van der Waals surface area contributed by atoms with E-state index >= 15 is 4.39 Å². The molecule has 0 aliphatic carbocycles. The predicted octanol–water partition coefficient (Wildman–Crippen LogP) is 3.60. The molecule has 0 bridgehead atoms. The Morgan fingerprint density at radius 1 is 1.05 bits per heavy atom. The number of aromatic nitrogens is 2. The molecule has 38 heavy (non-hydrogen) atoms. The van der Waals surface area contributed by atoms with Gasteiger partial charge in [-0.05, 0) is 43.7 Å². The Hall–Kier alpha value is -4.38. The maximum Gasteiger partial charge on any atom is 0.351 e. The van der Waals surface area contributed by atoms with Gasteiger partial charge in [-0.3, -0.25) is 14.2 Å². The molecule has 1 saturated heterocycles. The van der Waals surface area contributed by atoms with Crippen molar-refractivity contribution in [1.29, 1.82) is 0 Å². The number of nitrogens with zero attached hydrogens (tertiary/aromatic N) is 2. The third-order valence-electron chi connectivity index (χ3n) is 6.56. The molecule has 3 aromatic rings. The van der Waals surface area contributed by atoms with Gasteiger partial charge in [-0.2, -0.15) is 4.98 Å². The summed E-state index contributed by atoms with van der Waals surface area (Å²) < 4.78 is 33.9. The number of esters is 2. The third kappa shape index (κ3) is 4.68. The molecule has 4 rings (SSSR count). The quantitative estimate of drug-likeness (QED) is 0.486. The van der Waals surface area contributed by atoms with Crippen LogP contribution < -0.4 is 11.0 Å². The van der Waals surface area contributed by atoms with Crippen molar-refractivity contribution in [3.8, 4) is 0 Å². The van der Waals surface area contributed by atoms with Gasteiger partial charge >= 0.3 is 17.6 Å². The van der Waals surface area contributed by atoms with Crippen LogP contribution in [0.4, 0.5) is 10.2 Å². The number of ether oxygens (including phenoxy) is 3. The summed E-state index contributed by atoms with van der Waals surface area (Å²) in [6, 6.07) is 15.9. The van der Waals surface area contributed by atoms with Gasteiger partial charge in [-0.1, -0.05) is 36.4 Å². The van der Waals surface area contributed by atoms with E-state index in [9.17, 15) is 19.2 Å². The topological polar surface area (TPSA) is 126 Å². The van der Waals surface area contributed by atoms with Crippen LogP contribution in [0.15, 0.2) is 71.7 Å². The van der Waals surface area contributed by atoms with Crippen molar-refractivity contribution in [1.82, 2.24) is 9.55 Å². The molecular weight excluding hydrogens is 497 g/mol. The fourth-order valence-corrected chi connectivity index (χ4v) is 4.50. The van der Waals surface area contributed by atoms with Crippen molar-refractivity contribution in [2.75, 3.05) is 12.4 Å². The predicted molar refractivity (Wildman–Crippen MR) is 133 cm³/mol. The monoisotopic (exact) mass is 523 g/mol. The van der Waals surface area contributed by atoms with E-state index in [1.165, 1.54) is 38.4 Å². The second-order valence-corrected chi connectivity index (χ2v) is 9.05. The van der Waals surface area contributed by atoms with Crippen LogP contribution in [-0.4, -0.2) is 45.8 Å². The van der Waals surface area contributed by atoms with Crippen molar-refractivity contribution in [3.63, 3.8) is 0 Å². The van der Waals surface area contributed by atoms with Gasteiger partial charge in [0.05, 0.1) is 12.7 Å². The standard InChI is InChI=1S/C27H26FN3O7/c1-16(32)38-27(3)21(18-12-8-9-13-19(18)23(34)36-4)37-24(26(27,2)28)31-15-14-20(30-25(31)35)29-22(33)17-10-6-5-7-11-17/h5-15,21,24H,1-4H3,(H,29,30,33,35)/t21-,24-,26+,27+/m1/s1. The number of hydrogen-bond acceptors (Lipinski definition) is 8. The van der Waals surface area contributed by atoms with E-state index in [4.69, 9.17) is 14.2 Å². The molecule has 1 aliphatic heterocycles. The van der Waals surface area contributed by atoms with E-state index in [0.717, 1.165) is 18.4 Å². The molecule has 2 heterocycles. The summed E-state index contributed by atoms with van der Waals surface area (Å²) in [4.78, 5) is 53.8. The summed E-state index contributed by atoms with van der Waals surface area (Å²) in [5.74, 6) is -2.01. The number of nitrogens with one attached hydrogen (secondary N) is 1. The first-order chi connectivity index (χ1) is 18.0. The van der Waals surface area contributed by atoms with Crippen LogP contribution in [0.25, 0.3) is 0 Å². The minimum Gasteiger partial charge on any atom is -0.465 e. The van der Waals surface area contributed by atoms with E-state index in [2.05, 4.69) is 10.3 Å². The number of carbonyl (C=O) groups is 3. The summed E-state index contributed by atoms with van der Waals surface area (Å²) in [7, 11) is 1.20. The third-order valence-corrected chi connectivity index (χ3v) is 6.56. The van der Waals surface area contributed by atoms with E-state index < -0.39 is 47.1 Å². The molecule has 1 N–H and O–H groups in total. The van der Waals surface area contributed by atoms with Crippen molar-refractivity contribution in [2.45, 2.75) is 44.4 Å². The molecule has 2 aromatic carbocycles. The number of amides is 1. The van der Waals surface area contributed by atoms with E-state index in [0.29, 0.717) is 5.56 Å². The molecular formula is C27H26FN3O7. The smallest absolute Gasteiger partial charge is 0.351 e. The number of benzene rings is 2. The molecule has 1 aliphatic rings. The van der Waals surface area contributed by atoms with Crippen molar-refractivity contribution in [3.05, 3.63) is 94.0 Å². The van der Waals surface area contributed by atoms with E-state index in [1.54, 1.807) is 42.5 Å². The van der Waals surface area contributed by atoms with Gasteiger partial charge in [-0.15, -0.1) is 0 Å². The largest absolute Gasteiger partial charge is 0.465 e. The Labute approximate surface area is 217 Å². The average molecular weight is 524 g/mol. The lowest BCUT2D eigenvalue weighted by molar-refractivity contribution is -0.174. The van der Waals surface area contributed by atoms with Crippen LogP contribution in [0.5, 0.6) is 0 Å². The summed E-state index contributed by atoms with van der Waals surface area (Å²) in [5, 5.41) is 2.52. The van der Waals surface area contributed by atoms with Crippen molar-refractivity contribution in [2.24, 2.45) is 0 Å². The van der Waals surface area contributed by atoms with Gasteiger partial charge in [0.15, 0.2) is 17.5 Å². The second kappa shape index (κ2) is 10.2. The maximum atomic E-state index is 16.7. The second-order valence-electron chi connectivity index (χ2n) is 9.05. The normalized spacial score (nSPS) is 24.4. The Balaban J connectivity index is 1.73. The highest BCUT2D eigenvalue weighted by Crippen LogP contribution is 2.56. The molecule has 1 fully saturated rings. The Kier molecular flexibility index (Phi) is 7.14. The molecule has 0 unspecified atom stereocenters. The van der Waals surface area contributed by atoms with Gasteiger partial charge in [0.25, 0.3) is 5.91 Å². The number of hydrogen-bond donors (Lipinski definition) is 1. The van der Waals surface area contributed by atoms with Gasteiger partial charge in [0.1, 0.15) is 11.9 Å². The minimum absolute atomic E-state index is 0.0472. The molecule has 0 saturated carbocycles. The summed E-state index contributed by atoms with van der Waals surface area (Å²) in [6.45, 7) is 3.59. The number of alkyl halides is 1. The van der Waals surface area contributed by atoms with Crippen LogP contribution >= 0.6 is 0 Å². The van der Waals surface area contributed by atoms with Crippen LogP contribution in [-0.2, 0) is 19.0 Å². The molecule has 0 radical (unpaired) electrons. The number of anilines is 1. The lowest BCUT2D eigenvalue weighted by atomic mass is 9.80. The van der Waals surface area contributed by atoms with Gasteiger partial charge in [0.2, 0.25) is 0 Å². The molecule has 10 nitrogen and oxygen atoms in total. The molecule has 198 valence electrons. The number of methoxy groups -OCH3 is 1.